The van der Waals surface area contributed by atoms with Crippen LogP contribution in [0, 0.1) is 5.92 Å². The molecule has 4 heteroatoms. The van der Waals surface area contributed by atoms with Crippen LogP contribution in [0.5, 0.6) is 0 Å². The van der Waals surface area contributed by atoms with E-state index < -0.39 is 5.92 Å². The Morgan fingerprint density at radius 3 is 2.85 bits per heavy atom. The Labute approximate surface area is 78.1 Å². The monoisotopic (exact) mass is 192 g/mol. The molecule has 0 aromatic heterocycles. The van der Waals surface area contributed by atoms with Crippen molar-refractivity contribution in [3.8, 4) is 0 Å². The van der Waals surface area contributed by atoms with E-state index in [-0.39, 0.29) is 18.9 Å². The van der Waals surface area contributed by atoms with E-state index in [1.807, 2.05) is 0 Å². The molecule has 1 fully saturated rings. The molecule has 2 nitrogen and oxygen atoms in total. The molecule has 1 rings (SSSR count). The Kier molecular flexibility index (Phi) is 4.06. The van der Waals surface area contributed by atoms with Crippen molar-refractivity contribution in [2.45, 2.75) is 25.2 Å². The van der Waals surface area contributed by atoms with Crippen LogP contribution in [0.3, 0.4) is 0 Å². The summed E-state index contributed by atoms with van der Waals surface area (Å²) in [6.45, 7) is 1.52. The molecule has 1 saturated heterocycles. The van der Waals surface area contributed by atoms with Crippen molar-refractivity contribution in [3.05, 3.63) is 0 Å². The lowest BCUT2D eigenvalue weighted by Gasteiger charge is -2.26. The predicted molar refractivity (Wildman–Crippen MR) is 49.1 cm³/mol. The first-order valence-electron chi connectivity index (χ1n) is 4.87. The highest BCUT2D eigenvalue weighted by atomic mass is 19.3. The third-order valence-corrected chi connectivity index (χ3v) is 2.42. The van der Waals surface area contributed by atoms with E-state index >= 15 is 0 Å². The Hall–Kier alpha value is -0.220. The normalized spacial score (nSPS) is 24.7. The van der Waals surface area contributed by atoms with Crippen molar-refractivity contribution in [1.82, 2.24) is 10.6 Å². The van der Waals surface area contributed by atoms with Crippen LogP contribution in [0.15, 0.2) is 0 Å². The minimum Gasteiger partial charge on any atom is -0.316 e. The highest BCUT2D eigenvalue weighted by Crippen LogP contribution is 2.26. The average Bonchev–Trinajstić information content (AvgIpc) is 2.04. The van der Waals surface area contributed by atoms with Gasteiger partial charge in [-0.3, -0.25) is 0 Å². The lowest BCUT2D eigenvalue weighted by atomic mass is 9.93. The highest BCUT2D eigenvalue weighted by molar-refractivity contribution is 4.77. The lowest BCUT2D eigenvalue weighted by molar-refractivity contribution is -0.0226. The van der Waals surface area contributed by atoms with Crippen molar-refractivity contribution < 1.29 is 8.78 Å². The number of nitrogens with one attached hydrogen (secondary N) is 2. The van der Waals surface area contributed by atoms with E-state index in [9.17, 15) is 8.78 Å². The maximum Gasteiger partial charge on any atom is 0.260 e. The third kappa shape index (κ3) is 4.00. The molecule has 0 radical (unpaired) electrons. The summed E-state index contributed by atoms with van der Waals surface area (Å²) in [5.41, 5.74) is 0. The maximum atomic E-state index is 13.1. The highest BCUT2D eigenvalue weighted by Gasteiger charge is 2.32. The van der Waals surface area contributed by atoms with Gasteiger partial charge in [-0.05, 0) is 38.9 Å². The molecule has 0 aromatic rings. The minimum atomic E-state index is -2.54. The predicted octanol–water partition coefficient (Wildman–Crippen LogP) is 1.23. The fourth-order valence-electron chi connectivity index (χ4n) is 1.85. The summed E-state index contributed by atoms with van der Waals surface area (Å²) < 4.78 is 26.2. The molecule has 13 heavy (non-hydrogen) atoms. The molecule has 0 bridgehead atoms. The second-order valence-corrected chi connectivity index (χ2v) is 3.80. The Bertz CT molecular complexity index is 145. The number of piperidine rings is 1. The minimum absolute atomic E-state index is 0.0147. The van der Waals surface area contributed by atoms with Crippen LogP contribution in [0.4, 0.5) is 8.78 Å². The molecule has 0 amide bonds. The maximum absolute atomic E-state index is 13.1. The summed E-state index contributed by atoms with van der Waals surface area (Å²) in [7, 11) is 1.56. The van der Waals surface area contributed by atoms with Crippen molar-refractivity contribution in [3.63, 3.8) is 0 Å². The summed E-state index contributed by atoms with van der Waals surface area (Å²) in [6, 6.07) is 0. The molecule has 0 saturated carbocycles. The average molecular weight is 192 g/mol. The quantitative estimate of drug-likeness (QED) is 0.700. The van der Waals surface area contributed by atoms with Crippen LogP contribution in [0.25, 0.3) is 0 Å². The van der Waals surface area contributed by atoms with Gasteiger partial charge in [0.15, 0.2) is 0 Å². The zero-order chi connectivity index (χ0) is 9.73. The summed E-state index contributed by atoms with van der Waals surface area (Å²) in [4.78, 5) is 0. The second kappa shape index (κ2) is 4.86. The molecular formula is C9H18F2N2. The van der Waals surface area contributed by atoms with E-state index in [1.165, 1.54) is 0 Å². The summed E-state index contributed by atoms with van der Waals surface area (Å²) in [6.07, 6.45) is 1.98. The molecule has 2 N–H and O–H groups in total. The van der Waals surface area contributed by atoms with Gasteiger partial charge in [-0.25, -0.2) is 8.78 Å². The van der Waals surface area contributed by atoms with Gasteiger partial charge in [0.05, 0.1) is 6.54 Å². The molecular weight excluding hydrogens is 174 g/mol. The molecule has 0 spiro atoms. The van der Waals surface area contributed by atoms with Crippen LogP contribution in [0.1, 0.15) is 19.3 Å². The third-order valence-electron chi connectivity index (χ3n) is 2.42. The first-order chi connectivity index (χ1) is 6.14. The number of alkyl halides is 2. The molecule has 0 aliphatic carbocycles. The number of rotatable bonds is 4. The number of halogens is 2. The van der Waals surface area contributed by atoms with Crippen LogP contribution in [-0.2, 0) is 0 Å². The van der Waals surface area contributed by atoms with Gasteiger partial charge < -0.3 is 10.6 Å². The van der Waals surface area contributed by atoms with Gasteiger partial charge >= 0.3 is 0 Å². The molecule has 78 valence electrons. The van der Waals surface area contributed by atoms with E-state index in [0.29, 0.717) is 0 Å². The summed E-state index contributed by atoms with van der Waals surface area (Å²) in [5, 5.41) is 5.67. The van der Waals surface area contributed by atoms with Crippen LogP contribution < -0.4 is 10.6 Å². The smallest absolute Gasteiger partial charge is 0.260 e. The fraction of sp³-hybridized carbons (Fsp3) is 1.00. The van der Waals surface area contributed by atoms with Crippen molar-refractivity contribution in [1.29, 1.82) is 0 Å². The fourth-order valence-corrected chi connectivity index (χ4v) is 1.85. The van der Waals surface area contributed by atoms with Gasteiger partial charge in [0.2, 0.25) is 0 Å². The van der Waals surface area contributed by atoms with Crippen molar-refractivity contribution in [2.75, 3.05) is 26.7 Å². The van der Waals surface area contributed by atoms with E-state index in [4.69, 9.17) is 0 Å². The SMILES string of the molecule is CNCC(F)(F)CC1CCCNC1. The van der Waals surface area contributed by atoms with E-state index in [0.717, 1.165) is 25.9 Å². The lowest BCUT2D eigenvalue weighted by Crippen LogP contribution is -2.37. The molecule has 1 atom stereocenters. The van der Waals surface area contributed by atoms with E-state index in [1.54, 1.807) is 7.05 Å². The van der Waals surface area contributed by atoms with Crippen molar-refractivity contribution >= 4 is 0 Å². The van der Waals surface area contributed by atoms with E-state index in [2.05, 4.69) is 10.6 Å². The Balaban J connectivity index is 2.28. The standard InChI is InChI=1S/C9H18F2N2/c1-12-7-9(10,11)5-8-3-2-4-13-6-8/h8,12-13H,2-7H2,1H3. The topological polar surface area (TPSA) is 24.1 Å². The van der Waals surface area contributed by atoms with Gasteiger partial charge in [0, 0.05) is 6.42 Å². The van der Waals surface area contributed by atoms with Crippen molar-refractivity contribution in [2.24, 2.45) is 5.92 Å². The molecule has 1 heterocycles. The van der Waals surface area contributed by atoms with Crippen LogP contribution in [0.2, 0.25) is 0 Å². The zero-order valence-corrected chi connectivity index (χ0v) is 8.08. The molecule has 1 aliphatic rings. The van der Waals surface area contributed by atoms with Gasteiger partial charge in [0.1, 0.15) is 0 Å². The summed E-state index contributed by atoms with van der Waals surface area (Å²) in [5.74, 6) is -2.39. The number of hydrogen-bond donors (Lipinski definition) is 2. The first-order valence-corrected chi connectivity index (χ1v) is 4.87. The molecule has 1 unspecified atom stereocenters. The van der Waals surface area contributed by atoms with Gasteiger partial charge in [-0.2, -0.15) is 0 Å². The first kappa shape index (κ1) is 10.9. The Morgan fingerprint density at radius 1 is 1.54 bits per heavy atom. The molecule has 1 aliphatic heterocycles. The van der Waals surface area contributed by atoms with Gasteiger partial charge in [-0.15, -0.1) is 0 Å². The van der Waals surface area contributed by atoms with Gasteiger partial charge in [0.25, 0.3) is 5.92 Å². The largest absolute Gasteiger partial charge is 0.316 e. The van der Waals surface area contributed by atoms with Gasteiger partial charge in [-0.1, -0.05) is 0 Å². The Morgan fingerprint density at radius 2 is 2.31 bits per heavy atom. The number of hydrogen-bond acceptors (Lipinski definition) is 2. The zero-order valence-electron chi connectivity index (χ0n) is 8.08. The van der Waals surface area contributed by atoms with Crippen LogP contribution >= 0.6 is 0 Å². The summed E-state index contributed by atoms with van der Waals surface area (Å²) >= 11 is 0. The van der Waals surface area contributed by atoms with Crippen LogP contribution in [-0.4, -0.2) is 32.6 Å². The second-order valence-electron chi connectivity index (χ2n) is 3.80. The molecule has 0 aromatic carbocycles.